The van der Waals surface area contributed by atoms with Crippen LogP contribution in [0.25, 0.3) is 0 Å². The van der Waals surface area contributed by atoms with Gasteiger partial charge in [0, 0.05) is 25.8 Å². The van der Waals surface area contributed by atoms with Crippen LogP contribution in [0.5, 0.6) is 0 Å². The maximum atomic E-state index is 12.2. The molecule has 0 radical (unpaired) electrons. The number of amides is 3. The Kier molecular flexibility index (Phi) is 4.74. The number of thioether (sulfide) groups is 1. The van der Waals surface area contributed by atoms with Crippen molar-refractivity contribution in [3.05, 3.63) is 0 Å². The number of hydrogen-bond donors (Lipinski definition) is 3. The Hall–Kier alpha value is -1.44. The third-order valence-corrected chi connectivity index (χ3v) is 4.95. The molecule has 2 rings (SSSR count). The van der Waals surface area contributed by atoms with Crippen molar-refractivity contribution in [2.24, 2.45) is 5.92 Å². The van der Waals surface area contributed by atoms with E-state index in [1.807, 2.05) is 0 Å². The van der Waals surface area contributed by atoms with Crippen LogP contribution in [-0.2, 0) is 9.59 Å². The first kappa shape index (κ1) is 15.0. The molecule has 2 aliphatic rings. The summed E-state index contributed by atoms with van der Waals surface area (Å²) in [6.07, 6.45) is 2.28. The van der Waals surface area contributed by atoms with Gasteiger partial charge in [0.1, 0.15) is 6.04 Å². The summed E-state index contributed by atoms with van der Waals surface area (Å²) in [6.45, 7) is 0.212. The van der Waals surface area contributed by atoms with E-state index >= 15 is 0 Å². The molecule has 1 aliphatic heterocycles. The molecule has 3 amide bonds. The minimum atomic E-state index is -0.970. The second-order valence-electron chi connectivity index (χ2n) is 4.98. The topological polar surface area (TPSA) is 98.7 Å². The molecule has 8 heteroatoms. The highest BCUT2D eigenvalue weighted by atomic mass is 32.2. The predicted molar refractivity (Wildman–Crippen MR) is 74.3 cm³/mol. The second-order valence-corrected chi connectivity index (χ2v) is 6.13. The first-order valence-electron chi connectivity index (χ1n) is 6.65. The van der Waals surface area contributed by atoms with Crippen molar-refractivity contribution in [1.82, 2.24) is 15.5 Å². The van der Waals surface area contributed by atoms with Crippen molar-refractivity contribution in [1.29, 1.82) is 0 Å². The predicted octanol–water partition coefficient (Wildman–Crippen LogP) is 0.0702. The highest BCUT2D eigenvalue weighted by molar-refractivity contribution is 8.00. The number of carbonyl (C=O) groups is 3. The summed E-state index contributed by atoms with van der Waals surface area (Å²) >= 11 is 1.54. The molecule has 1 saturated carbocycles. The monoisotopic (exact) mass is 301 g/mol. The third kappa shape index (κ3) is 3.36. The van der Waals surface area contributed by atoms with Gasteiger partial charge in [-0.15, -0.1) is 11.8 Å². The Balaban J connectivity index is 1.92. The van der Waals surface area contributed by atoms with E-state index in [1.165, 1.54) is 23.7 Å². The summed E-state index contributed by atoms with van der Waals surface area (Å²) in [5, 5.41) is 14.3. The van der Waals surface area contributed by atoms with Gasteiger partial charge < -0.3 is 15.7 Å². The number of carboxylic acid groups (broad SMARTS) is 1. The van der Waals surface area contributed by atoms with E-state index in [0.717, 1.165) is 12.8 Å². The zero-order valence-electron chi connectivity index (χ0n) is 11.3. The molecule has 112 valence electrons. The van der Waals surface area contributed by atoms with E-state index in [2.05, 4.69) is 10.6 Å². The Labute approximate surface area is 121 Å². The normalized spacial score (nSPS) is 25.4. The third-order valence-electron chi connectivity index (χ3n) is 3.49. The van der Waals surface area contributed by atoms with E-state index in [-0.39, 0.29) is 30.3 Å². The lowest BCUT2D eigenvalue weighted by Gasteiger charge is -2.27. The van der Waals surface area contributed by atoms with Gasteiger partial charge in [0.25, 0.3) is 0 Å². The number of carbonyl (C=O) groups excluding carboxylic acids is 2. The van der Waals surface area contributed by atoms with Crippen LogP contribution in [-0.4, -0.2) is 58.7 Å². The zero-order valence-corrected chi connectivity index (χ0v) is 12.1. The van der Waals surface area contributed by atoms with E-state index in [9.17, 15) is 19.5 Å². The Morgan fingerprint density at radius 2 is 2.05 bits per heavy atom. The molecule has 0 aromatic rings. The summed E-state index contributed by atoms with van der Waals surface area (Å²) in [5.74, 6) is -0.287. The highest BCUT2D eigenvalue weighted by Crippen LogP contribution is 2.45. The average Bonchev–Trinajstić information content (AvgIpc) is 3.16. The summed E-state index contributed by atoms with van der Waals surface area (Å²) in [6, 6.07) is -1.16. The summed E-state index contributed by atoms with van der Waals surface area (Å²) in [7, 11) is 1.53. The minimum absolute atomic E-state index is 0.0453. The molecule has 1 aliphatic carbocycles. The molecule has 0 bridgehead atoms. The summed E-state index contributed by atoms with van der Waals surface area (Å²) < 4.78 is 0. The van der Waals surface area contributed by atoms with Gasteiger partial charge in [0.05, 0.1) is 5.37 Å². The lowest BCUT2D eigenvalue weighted by Crippen LogP contribution is -2.51. The maximum absolute atomic E-state index is 12.2. The standard InChI is InChI=1S/C12H19N3O4S/c1-13-9(16)4-5-14-12(19)15-8(11(17)18)6-20-10(15)7-2-3-7/h7-8,10H,2-6H2,1H3,(H,13,16)(H,14,19)(H,17,18). The van der Waals surface area contributed by atoms with Crippen LogP contribution in [0.1, 0.15) is 19.3 Å². The van der Waals surface area contributed by atoms with Gasteiger partial charge in [0.15, 0.2) is 0 Å². The first-order valence-corrected chi connectivity index (χ1v) is 7.70. The van der Waals surface area contributed by atoms with Gasteiger partial charge in [-0.3, -0.25) is 9.69 Å². The van der Waals surface area contributed by atoms with Crippen LogP contribution in [0.15, 0.2) is 0 Å². The molecule has 0 spiro atoms. The fourth-order valence-corrected chi connectivity index (χ4v) is 3.85. The van der Waals surface area contributed by atoms with E-state index < -0.39 is 12.0 Å². The molecule has 0 aromatic heterocycles. The van der Waals surface area contributed by atoms with E-state index in [1.54, 1.807) is 0 Å². The SMILES string of the molecule is CNC(=O)CCNC(=O)N1C(C(=O)O)CSC1C1CC1. The fourth-order valence-electron chi connectivity index (χ4n) is 2.22. The molecule has 2 unspecified atom stereocenters. The van der Waals surface area contributed by atoms with Crippen molar-refractivity contribution in [3.8, 4) is 0 Å². The van der Waals surface area contributed by atoms with Crippen LogP contribution in [0.4, 0.5) is 4.79 Å². The molecule has 20 heavy (non-hydrogen) atoms. The van der Waals surface area contributed by atoms with Gasteiger partial charge in [-0.05, 0) is 18.8 Å². The van der Waals surface area contributed by atoms with E-state index in [0.29, 0.717) is 11.7 Å². The highest BCUT2D eigenvalue weighted by Gasteiger charge is 2.48. The average molecular weight is 301 g/mol. The molecule has 2 fully saturated rings. The van der Waals surface area contributed by atoms with Crippen molar-refractivity contribution in [3.63, 3.8) is 0 Å². The van der Waals surface area contributed by atoms with Crippen LogP contribution >= 0.6 is 11.8 Å². The molecule has 1 saturated heterocycles. The number of aliphatic carboxylic acids is 1. The van der Waals surface area contributed by atoms with Crippen molar-refractivity contribution in [2.45, 2.75) is 30.7 Å². The minimum Gasteiger partial charge on any atom is -0.480 e. The van der Waals surface area contributed by atoms with Crippen LogP contribution < -0.4 is 10.6 Å². The number of nitrogens with one attached hydrogen (secondary N) is 2. The van der Waals surface area contributed by atoms with Crippen LogP contribution in [0, 0.1) is 5.92 Å². The van der Waals surface area contributed by atoms with Crippen molar-refractivity contribution >= 4 is 29.7 Å². The van der Waals surface area contributed by atoms with Crippen molar-refractivity contribution < 1.29 is 19.5 Å². The fraction of sp³-hybridized carbons (Fsp3) is 0.750. The molecular formula is C12H19N3O4S. The quantitative estimate of drug-likeness (QED) is 0.667. The Morgan fingerprint density at radius 3 is 2.60 bits per heavy atom. The van der Waals surface area contributed by atoms with Gasteiger partial charge >= 0.3 is 12.0 Å². The summed E-state index contributed by atoms with van der Waals surface area (Å²) in [5.41, 5.74) is 0. The molecule has 7 nitrogen and oxygen atoms in total. The zero-order chi connectivity index (χ0) is 14.7. The largest absolute Gasteiger partial charge is 0.480 e. The van der Waals surface area contributed by atoms with Gasteiger partial charge in [-0.1, -0.05) is 0 Å². The molecular weight excluding hydrogens is 282 g/mol. The molecule has 1 heterocycles. The first-order chi connectivity index (χ1) is 9.54. The summed E-state index contributed by atoms with van der Waals surface area (Å²) in [4.78, 5) is 35.9. The van der Waals surface area contributed by atoms with E-state index in [4.69, 9.17) is 0 Å². The maximum Gasteiger partial charge on any atom is 0.327 e. The van der Waals surface area contributed by atoms with Gasteiger partial charge in [-0.25, -0.2) is 9.59 Å². The smallest absolute Gasteiger partial charge is 0.327 e. The lowest BCUT2D eigenvalue weighted by molar-refractivity contribution is -0.141. The number of hydrogen-bond acceptors (Lipinski definition) is 4. The number of carboxylic acids is 1. The Bertz CT molecular complexity index is 414. The number of urea groups is 1. The molecule has 0 aromatic carbocycles. The van der Waals surface area contributed by atoms with Crippen LogP contribution in [0.2, 0.25) is 0 Å². The number of rotatable bonds is 5. The van der Waals surface area contributed by atoms with Gasteiger partial charge in [0.2, 0.25) is 5.91 Å². The number of nitrogens with zero attached hydrogens (tertiary/aromatic N) is 1. The second kappa shape index (κ2) is 6.34. The molecule has 2 atom stereocenters. The van der Waals surface area contributed by atoms with Gasteiger partial charge in [-0.2, -0.15) is 0 Å². The van der Waals surface area contributed by atoms with Crippen LogP contribution in [0.3, 0.4) is 0 Å². The van der Waals surface area contributed by atoms with Crippen molar-refractivity contribution in [2.75, 3.05) is 19.3 Å². The molecule has 3 N–H and O–H groups in total. The lowest BCUT2D eigenvalue weighted by atomic mass is 10.2. The Morgan fingerprint density at radius 1 is 1.35 bits per heavy atom.